The minimum absolute atomic E-state index is 0.236. The fraction of sp³-hybridized carbons (Fsp3) is 0.263. The van der Waals surface area contributed by atoms with E-state index in [1.54, 1.807) is 12.0 Å². The van der Waals surface area contributed by atoms with Gasteiger partial charge in [-0.2, -0.15) is 0 Å². The third-order valence-electron chi connectivity index (χ3n) is 4.37. The van der Waals surface area contributed by atoms with Gasteiger partial charge in [-0.1, -0.05) is 16.8 Å². The van der Waals surface area contributed by atoms with E-state index >= 15 is 0 Å². The van der Waals surface area contributed by atoms with Gasteiger partial charge < -0.3 is 14.3 Å². The molecule has 25 heavy (non-hydrogen) atoms. The first-order valence-corrected chi connectivity index (χ1v) is 8.11. The predicted octanol–water partition coefficient (Wildman–Crippen LogP) is 3.09. The van der Waals surface area contributed by atoms with Crippen LogP contribution in [0, 0.1) is 6.92 Å². The Kier molecular flexibility index (Phi) is 3.51. The lowest BCUT2D eigenvalue weighted by Gasteiger charge is -2.28. The zero-order chi connectivity index (χ0) is 17.6. The number of benzene rings is 2. The van der Waals surface area contributed by atoms with Crippen LogP contribution < -0.4 is 9.64 Å². The first-order valence-electron chi connectivity index (χ1n) is 8.11. The second-order valence-corrected chi connectivity index (χ2v) is 5.93. The van der Waals surface area contributed by atoms with Crippen LogP contribution in [0.4, 0.5) is 5.69 Å². The van der Waals surface area contributed by atoms with Crippen molar-refractivity contribution in [2.75, 3.05) is 18.6 Å². The summed E-state index contributed by atoms with van der Waals surface area (Å²) in [7, 11) is 1.61. The Hall–Kier alpha value is -2.86. The van der Waals surface area contributed by atoms with Gasteiger partial charge in [0.15, 0.2) is 5.84 Å². The second kappa shape index (κ2) is 5.60. The largest absolute Gasteiger partial charge is 0.497 e. The van der Waals surface area contributed by atoms with E-state index in [2.05, 4.69) is 5.16 Å². The minimum Gasteiger partial charge on any atom is -0.497 e. The lowest BCUT2D eigenvalue weighted by Crippen LogP contribution is -2.52. The van der Waals surface area contributed by atoms with E-state index < -0.39 is 5.91 Å². The molecule has 0 saturated carbocycles. The summed E-state index contributed by atoms with van der Waals surface area (Å²) >= 11 is 0. The lowest BCUT2D eigenvalue weighted by molar-refractivity contribution is -0.178. The molecular weight excluding hydrogens is 320 g/mol. The first-order chi connectivity index (χ1) is 12.1. The van der Waals surface area contributed by atoms with Crippen LogP contribution in [0.5, 0.6) is 5.75 Å². The quantitative estimate of drug-likeness (QED) is 0.857. The van der Waals surface area contributed by atoms with Crippen molar-refractivity contribution in [1.29, 1.82) is 0 Å². The summed E-state index contributed by atoms with van der Waals surface area (Å²) in [5, 5.41) is 4.16. The van der Waals surface area contributed by atoms with Crippen molar-refractivity contribution >= 4 is 17.3 Å². The highest BCUT2D eigenvalue weighted by molar-refractivity contribution is 6.24. The molecule has 0 aliphatic carbocycles. The number of fused-ring (bicyclic) bond motifs is 3. The number of hydrogen-bond acceptors (Lipinski definition) is 6. The van der Waals surface area contributed by atoms with Crippen molar-refractivity contribution < 1.29 is 19.1 Å². The minimum atomic E-state index is -1.56. The van der Waals surface area contributed by atoms with E-state index in [0.717, 1.165) is 22.6 Å². The summed E-state index contributed by atoms with van der Waals surface area (Å²) < 4.78 is 11.0. The maximum Gasteiger partial charge on any atom is 0.390 e. The highest BCUT2D eigenvalue weighted by Crippen LogP contribution is 2.45. The van der Waals surface area contributed by atoms with Gasteiger partial charge in [-0.25, -0.2) is 0 Å². The Labute approximate surface area is 145 Å². The molecule has 0 bridgehead atoms. The van der Waals surface area contributed by atoms with Crippen molar-refractivity contribution in [3.8, 4) is 5.75 Å². The summed E-state index contributed by atoms with van der Waals surface area (Å²) in [4.78, 5) is 20.3. The number of rotatable bonds is 4. The van der Waals surface area contributed by atoms with Crippen LogP contribution in [-0.4, -0.2) is 31.2 Å². The number of Topliss-reactive ketones (excluding diaryl/α,β-unsaturated/α-hetero) is 1. The third-order valence-corrected chi connectivity index (χ3v) is 4.37. The number of carbonyl (C=O) groups is 1. The Morgan fingerprint density at radius 3 is 2.64 bits per heavy atom. The average Bonchev–Trinajstić information content (AvgIpc) is 3.11. The van der Waals surface area contributed by atoms with Crippen molar-refractivity contribution in [2.45, 2.75) is 19.8 Å². The van der Waals surface area contributed by atoms with Crippen LogP contribution in [-0.2, 0) is 9.57 Å². The third kappa shape index (κ3) is 2.14. The lowest BCUT2D eigenvalue weighted by atomic mass is 10.1. The summed E-state index contributed by atoms with van der Waals surface area (Å²) in [6, 6.07) is 13.1. The predicted molar refractivity (Wildman–Crippen MR) is 93.0 cm³/mol. The normalized spacial score (nSPS) is 20.8. The van der Waals surface area contributed by atoms with Crippen molar-refractivity contribution in [3.63, 3.8) is 0 Å². The number of nitrogens with zero attached hydrogens (tertiary/aromatic N) is 2. The highest BCUT2D eigenvalue weighted by atomic mass is 16.8. The molecule has 6 heteroatoms. The smallest absolute Gasteiger partial charge is 0.390 e. The monoisotopic (exact) mass is 338 g/mol. The summed E-state index contributed by atoms with van der Waals surface area (Å²) in [5.41, 5.74) is 3.12. The molecule has 0 saturated heterocycles. The standard InChI is InChI=1S/C19H18N2O4/c1-4-24-19-17(22)15-11-12(2)5-10-16(15)21(19)18(20-25-19)13-6-8-14(23-3)9-7-13/h5-11H,4H2,1-3H3/t19-/m1/s1. The number of hydrogen-bond donors (Lipinski definition) is 0. The molecule has 2 aromatic rings. The molecule has 0 unspecified atom stereocenters. The van der Waals surface area contributed by atoms with Crippen LogP contribution in [0.3, 0.4) is 0 Å². The zero-order valence-corrected chi connectivity index (χ0v) is 14.3. The maximum absolute atomic E-state index is 13.0. The van der Waals surface area contributed by atoms with Crippen molar-refractivity contribution in [2.24, 2.45) is 5.16 Å². The van der Waals surface area contributed by atoms with Gasteiger partial charge in [0.1, 0.15) is 5.75 Å². The van der Waals surface area contributed by atoms with Gasteiger partial charge in [0, 0.05) is 5.56 Å². The molecule has 0 spiro atoms. The molecule has 2 aliphatic heterocycles. The summed E-state index contributed by atoms with van der Waals surface area (Å²) in [6.45, 7) is 4.09. The number of anilines is 1. The summed E-state index contributed by atoms with van der Waals surface area (Å²) in [6.07, 6.45) is 0. The number of oxime groups is 1. The zero-order valence-electron chi connectivity index (χ0n) is 14.3. The first kappa shape index (κ1) is 15.7. The van der Waals surface area contributed by atoms with E-state index in [-0.39, 0.29) is 5.78 Å². The summed E-state index contributed by atoms with van der Waals surface area (Å²) in [5.74, 6) is -0.514. The molecule has 0 aromatic heterocycles. The highest BCUT2D eigenvalue weighted by Gasteiger charge is 2.61. The number of methoxy groups -OCH3 is 1. The molecule has 2 aromatic carbocycles. The molecule has 0 radical (unpaired) electrons. The van der Waals surface area contributed by atoms with Crippen LogP contribution in [0.2, 0.25) is 0 Å². The van der Waals surface area contributed by atoms with Gasteiger partial charge >= 0.3 is 5.91 Å². The van der Waals surface area contributed by atoms with Crippen molar-refractivity contribution in [3.05, 3.63) is 59.2 Å². The molecule has 2 aliphatic rings. The van der Waals surface area contributed by atoms with E-state index in [4.69, 9.17) is 14.3 Å². The molecular formula is C19H18N2O4. The average molecular weight is 338 g/mol. The number of ketones is 1. The molecule has 128 valence electrons. The topological polar surface area (TPSA) is 60.4 Å². The molecule has 2 heterocycles. The van der Waals surface area contributed by atoms with Crippen LogP contribution in [0.1, 0.15) is 28.4 Å². The fourth-order valence-electron chi connectivity index (χ4n) is 3.21. The Morgan fingerprint density at radius 1 is 1.20 bits per heavy atom. The van der Waals surface area contributed by atoms with Crippen LogP contribution >= 0.6 is 0 Å². The number of aryl methyl sites for hydroxylation is 1. The second-order valence-electron chi connectivity index (χ2n) is 5.93. The number of ether oxygens (including phenoxy) is 2. The van der Waals surface area contributed by atoms with Gasteiger partial charge in [-0.3, -0.25) is 9.69 Å². The van der Waals surface area contributed by atoms with E-state index in [1.165, 1.54) is 0 Å². The Bertz CT molecular complexity index is 875. The van der Waals surface area contributed by atoms with Gasteiger partial charge in [0.2, 0.25) is 0 Å². The molecule has 0 fully saturated rings. The van der Waals surface area contributed by atoms with E-state index in [9.17, 15) is 4.79 Å². The van der Waals surface area contributed by atoms with Crippen molar-refractivity contribution in [1.82, 2.24) is 0 Å². The Balaban J connectivity index is 1.84. The Morgan fingerprint density at radius 2 is 1.96 bits per heavy atom. The van der Waals surface area contributed by atoms with Gasteiger partial charge in [-0.15, -0.1) is 0 Å². The molecule has 4 rings (SSSR count). The SMILES string of the molecule is CCO[C@]12ON=C(c3ccc(OC)cc3)N1c1ccc(C)cc1C2=O. The van der Waals surface area contributed by atoms with Crippen LogP contribution in [0.15, 0.2) is 47.6 Å². The number of carbonyl (C=O) groups excluding carboxylic acids is 1. The number of amidine groups is 1. The molecule has 0 amide bonds. The van der Waals surface area contributed by atoms with Crippen LogP contribution in [0.25, 0.3) is 0 Å². The van der Waals surface area contributed by atoms with Gasteiger partial charge in [-0.05, 0) is 50.2 Å². The van der Waals surface area contributed by atoms with E-state index in [1.807, 2.05) is 56.3 Å². The van der Waals surface area contributed by atoms with E-state index in [0.29, 0.717) is 18.0 Å². The fourth-order valence-corrected chi connectivity index (χ4v) is 3.21. The molecule has 1 atom stereocenters. The molecule has 6 nitrogen and oxygen atoms in total. The maximum atomic E-state index is 13.0. The van der Waals surface area contributed by atoms with Gasteiger partial charge in [0.25, 0.3) is 5.78 Å². The van der Waals surface area contributed by atoms with Gasteiger partial charge in [0.05, 0.1) is 25.0 Å². The molecule has 0 N–H and O–H groups in total.